The number of rotatable bonds is 7. The van der Waals surface area contributed by atoms with Gasteiger partial charge in [0.2, 0.25) is 0 Å². The lowest BCUT2D eigenvalue weighted by Crippen LogP contribution is -2.11. The van der Waals surface area contributed by atoms with E-state index < -0.39 is 0 Å². The van der Waals surface area contributed by atoms with Gasteiger partial charge in [0.25, 0.3) is 0 Å². The quantitative estimate of drug-likeness (QED) is 0.162. The van der Waals surface area contributed by atoms with Crippen molar-refractivity contribution in [3.8, 4) is 39.1 Å². The number of hydrogen-bond donors (Lipinski definition) is 0. The van der Waals surface area contributed by atoms with Crippen molar-refractivity contribution in [2.24, 2.45) is 0 Å². The lowest BCUT2D eigenvalue weighted by Gasteiger charge is -2.29. The second-order valence-electron chi connectivity index (χ2n) is 13.7. The Morgan fingerprint density at radius 1 is 0.315 bits per heavy atom. The molecule has 0 atom stereocenters. The minimum absolute atomic E-state index is 1.09. The Hall–Kier alpha value is -7.16. The maximum Gasteiger partial charge on any atom is 0.0562 e. The van der Waals surface area contributed by atoms with Crippen molar-refractivity contribution in [3.05, 3.63) is 218 Å². The van der Waals surface area contributed by atoms with Crippen LogP contribution in [0.1, 0.15) is 0 Å². The van der Waals surface area contributed by atoms with Gasteiger partial charge in [0.05, 0.1) is 22.4 Å². The Balaban J connectivity index is 1.23. The first-order chi connectivity index (χ1) is 26.8. The average Bonchev–Trinajstić information content (AvgIpc) is 3.60. The van der Waals surface area contributed by atoms with Gasteiger partial charge >= 0.3 is 0 Å². The summed E-state index contributed by atoms with van der Waals surface area (Å²) in [5, 5.41) is 4.89. The van der Waals surface area contributed by atoms with Crippen LogP contribution in [0.15, 0.2) is 218 Å². The van der Waals surface area contributed by atoms with Gasteiger partial charge in [0.1, 0.15) is 0 Å². The minimum Gasteiger partial charge on any atom is -0.309 e. The summed E-state index contributed by atoms with van der Waals surface area (Å²) in [6, 6.07) is 78.9. The van der Waals surface area contributed by atoms with E-state index in [-0.39, 0.29) is 0 Å². The van der Waals surface area contributed by atoms with E-state index in [0.29, 0.717) is 0 Å². The second-order valence-corrected chi connectivity index (χ2v) is 13.7. The fourth-order valence-corrected chi connectivity index (χ4v) is 8.20. The third-order valence-corrected chi connectivity index (χ3v) is 10.6. The molecule has 0 aliphatic rings. The first kappa shape index (κ1) is 31.6. The molecule has 9 aromatic carbocycles. The molecule has 1 aromatic heterocycles. The number of benzene rings is 9. The fourth-order valence-electron chi connectivity index (χ4n) is 8.20. The van der Waals surface area contributed by atoms with E-state index in [1.165, 1.54) is 66.0 Å². The van der Waals surface area contributed by atoms with Crippen LogP contribution in [0.2, 0.25) is 0 Å². The van der Waals surface area contributed by atoms with Gasteiger partial charge in [-0.1, -0.05) is 170 Å². The molecule has 0 saturated heterocycles. The van der Waals surface area contributed by atoms with Crippen molar-refractivity contribution in [1.29, 1.82) is 0 Å². The van der Waals surface area contributed by atoms with Crippen LogP contribution in [0, 0.1) is 0 Å². The topological polar surface area (TPSA) is 8.17 Å². The molecule has 0 saturated carbocycles. The van der Waals surface area contributed by atoms with Crippen molar-refractivity contribution in [2.45, 2.75) is 0 Å². The van der Waals surface area contributed by atoms with Crippen LogP contribution in [0.3, 0.4) is 0 Å². The number of nitrogens with zero attached hydrogens (tertiary/aromatic N) is 2. The van der Waals surface area contributed by atoms with Gasteiger partial charge in [-0.2, -0.15) is 0 Å². The first-order valence-corrected chi connectivity index (χ1v) is 18.5. The van der Waals surface area contributed by atoms with Gasteiger partial charge in [-0.25, -0.2) is 0 Å². The molecule has 1 heterocycles. The number of fused-ring (bicyclic) bond motifs is 4. The third-order valence-electron chi connectivity index (χ3n) is 10.6. The summed E-state index contributed by atoms with van der Waals surface area (Å²) < 4.78 is 2.40. The molecule has 2 nitrogen and oxygen atoms in total. The van der Waals surface area contributed by atoms with Crippen molar-refractivity contribution in [1.82, 2.24) is 4.57 Å². The van der Waals surface area contributed by atoms with Gasteiger partial charge in [-0.05, 0) is 87.1 Å². The summed E-state index contributed by atoms with van der Waals surface area (Å²) in [4.78, 5) is 2.47. The van der Waals surface area contributed by atoms with Crippen LogP contribution in [0.4, 0.5) is 17.1 Å². The van der Waals surface area contributed by atoms with Crippen molar-refractivity contribution in [3.63, 3.8) is 0 Å². The first-order valence-electron chi connectivity index (χ1n) is 18.5. The van der Waals surface area contributed by atoms with Crippen LogP contribution < -0.4 is 4.90 Å². The van der Waals surface area contributed by atoms with E-state index >= 15 is 0 Å². The molecule has 0 spiro atoms. The Bertz CT molecular complexity index is 2920. The molecule has 0 radical (unpaired) electrons. The molecule has 0 aliphatic heterocycles. The standard InChI is InChI=1S/C52H36N2/c1-3-17-37(18-4-1)42-23-9-10-24-43(42)39-33-35-41(36-34-39)54(48-29-13-11-26-46(48)45-28-15-20-38-19-7-8-25-44(38)45)51-32-16-31-50-52(51)47-27-12-14-30-49(47)53(50)40-21-5-2-6-22-40/h1-36H. The molecule has 0 amide bonds. The normalized spacial score (nSPS) is 11.3. The predicted molar refractivity (Wildman–Crippen MR) is 229 cm³/mol. The summed E-state index contributed by atoms with van der Waals surface area (Å²) in [6.45, 7) is 0. The molecule has 0 aliphatic carbocycles. The molecule has 0 fully saturated rings. The summed E-state index contributed by atoms with van der Waals surface area (Å²) in [7, 11) is 0. The highest BCUT2D eigenvalue weighted by Crippen LogP contribution is 2.47. The van der Waals surface area contributed by atoms with Crippen LogP contribution in [0.25, 0.3) is 71.6 Å². The zero-order valence-corrected chi connectivity index (χ0v) is 29.7. The summed E-state index contributed by atoms with van der Waals surface area (Å²) >= 11 is 0. The summed E-state index contributed by atoms with van der Waals surface area (Å²) in [5.41, 5.74) is 14.0. The zero-order valence-electron chi connectivity index (χ0n) is 29.7. The van der Waals surface area contributed by atoms with E-state index in [1.54, 1.807) is 0 Å². The second kappa shape index (κ2) is 13.4. The Morgan fingerprint density at radius 2 is 0.833 bits per heavy atom. The van der Waals surface area contributed by atoms with Gasteiger partial charge in [-0.3, -0.25) is 0 Å². The molecule has 254 valence electrons. The van der Waals surface area contributed by atoms with Crippen molar-refractivity contribution < 1.29 is 0 Å². The summed E-state index contributed by atoms with van der Waals surface area (Å²) in [6.07, 6.45) is 0. The van der Waals surface area contributed by atoms with Crippen molar-refractivity contribution >= 4 is 49.6 Å². The number of para-hydroxylation sites is 3. The van der Waals surface area contributed by atoms with Crippen LogP contribution in [-0.4, -0.2) is 4.57 Å². The van der Waals surface area contributed by atoms with Gasteiger partial charge in [0.15, 0.2) is 0 Å². The minimum atomic E-state index is 1.09. The lowest BCUT2D eigenvalue weighted by atomic mass is 9.94. The third kappa shape index (κ3) is 5.36. The smallest absolute Gasteiger partial charge is 0.0562 e. The van der Waals surface area contributed by atoms with Gasteiger partial charge < -0.3 is 9.47 Å². The van der Waals surface area contributed by atoms with Gasteiger partial charge in [-0.15, -0.1) is 0 Å². The fraction of sp³-hybridized carbons (Fsp3) is 0. The highest BCUT2D eigenvalue weighted by molar-refractivity contribution is 6.17. The largest absolute Gasteiger partial charge is 0.309 e. The predicted octanol–water partition coefficient (Wildman–Crippen LogP) is 14.4. The molecule has 0 bridgehead atoms. The van der Waals surface area contributed by atoms with Crippen LogP contribution >= 0.6 is 0 Å². The highest BCUT2D eigenvalue weighted by atomic mass is 15.2. The van der Waals surface area contributed by atoms with Crippen molar-refractivity contribution in [2.75, 3.05) is 4.90 Å². The van der Waals surface area contributed by atoms with Crippen LogP contribution in [0.5, 0.6) is 0 Å². The Kier molecular flexibility index (Phi) is 7.85. The monoisotopic (exact) mass is 688 g/mol. The summed E-state index contributed by atoms with van der Waals surface area (Å²) in [5.74, 6) is 0. The molecule has 2 heteroatoms. The number of hydrogen-bond acceptors (Lipinski definition) is 1. The molecule has 0 unspecified atom stereocenters. The Morgan fingerprint density at radius 3 is 1.61 bits per heavy atom. The van der Waals surface area contributed by atoms with E-state index in [9.17, 15) is 0 Å². The van der Waals surface area contributed by atoms with E-state index in [1.807, 2.05) is 0 Å². The molecular weight excluding hydrogens is 653 g/mol. The Labute approximate surface area is 315 Å². The molecule has 10 aromatic rings. The zero-order chi connectivity index (χ0) is 35.8. The average molecular weight is 689 g/mol. The molecule has 54 heavy (non-hydrogen) atoms. The maximum absolute atomic E-state index is 2.47. The molecule has 10 rings (SSSR count). The number of aromatic nitrogens is 1. The van der Waals surface area contributed by atoms with E-state index in [0.717, 1.165) is 22.7 Å². The van der Waals surface area contributed by atoms with E-state index in [2.05, 4.69) is 228 Å². The SMILES string of the molecule is c1ccc(-c2ccccc2-c2ccc(N(c3ccccc3-c3cccc4ccccc34)c3cccc4c3c3ccccc3n4-c3ccccc3)cc2)cc1. The van der Waals surface area contributed by atoms with Crippen LogP contribution in [-0.2, 0) is 0 Å². The maximum atomic E-state index is 2.47. The highest BCUT2D eigenvalue weighted by Gasteiger charge is 2.23. The van der Waals surface area contributed by atoms with Gasteiger partial charge in [0, 0.05) is 27.7 Å². The molecule has 0 N–H and O–H groups in total. The lowest BCUT2D eigenvalue weighted by molar-refractivity contribution is 1.18. The van der Waals surface area contributed by atoms with E-state index in [4.69, 9.17) is 0 Å². The number of anilines is 3. The molecular formula is C52H36N2.